The van der Waals surface area contributed by atoms with Gasteiger partial charge in [-0.1, -0.05) is 27.7 Å². The van der Waals surface area contributed by atoms with Crippen molar-refractivity contribution >= 4 is 34.2 Å². The molecule has 0 aromatic rings. The zero-order valence-corrected chi connectivity index (χ0v) is 36.4. The lowest BCUT2D eigenvalue weighted by Crippen LogP contribution is -2.79. The van der Waals surface area contributed by atoms with Crippen molar-refractivity contribution in [2.45, 2.75) is 208 Å². The van der Waals surface area contributed by atoms with Crippen molar-refractivity contribution in [3.63, 3.8) is 0 Å². The third kappa shape index (κ3) is 11.3. The van der Waals surface area contributed by atoms with E-state index in [2.05, 4.69) is 138 Å². The van der Waals surface area contributed by atoms with Gasteiger partial charge in [0.1, 0.15) is 0 Å². The summed E-state index contributed by atoms with van der Waals surface area (Å²) in [5.74, 6) is 0. The van der Waals surface area contributed by atoms with Crippen LogP contribution < -0.4 is 0 Å². The van der Waals surface area contributed by atoms with Crippen LogP contribution in [0, 0.1) is 0 Å². The van der Waals surface area contributed by atoms with Crippen molar-refractivity contribution in [1.29, 1.82) is 0 Å². The summed E-state index contributed by atoms with van der Waals surface area (Å²) in [7, 11) is -12.9. The van der Waals surface area contributed by atoms with Gasteiger partial charge in [0.2, 0.25) is 0 Å². The Hall–Kier alpha value is 0.548. The van der Waals surface area contributed by atoms with Gasteiger partial charge in [-0.05, 0) is 135 Å². The van der Waals surface area contributed by atoms with Gasteiger partial charge in [-0.25, -0.2) is 0 Å². The highest BCUT2D eigenvalue weighted by molar-refractivity contribution is 6.96. The average molecular weight is 697 g/mol. The van der Waals surface area contributed by atoms with E-state index in [9.17, 15) is 0 Å². The third-order valence-electron chi connectivity index (χ3n) is 7.95. The van der Waals surface area contributed by atoms with Gasteiger partial charge in [0.05, 0.1) is 45.3 Å². The van der Waals surface area contributed by atoms with E-state index in [0.29, 0.717) is 24.2 Å². The van der Waals surface area contributed by atoms with Crippen LogP contribution in [0.3, 0.4) is 0 Å². The molecule has 0 saturated carbocycles. The predicted octanol–water partition coefficient (Wildman–Crippen LogP) is 8.89. The molecular formula is C32H72O8Si4. The van der Waals surface area contributed by atoms with Gasteiger partial charge >= 0.3 is 34.2 Å². The van der Waals surface area contributed by atoms with Crippen LogP contribution in [-0.4, -0.2) is 79.6 Å². The van der Waals surface area contributed by atoms with Crippen LogP contribution in [0.2, 0.25) is 24.2 Å². The van der Waals surface area contributed by atoms with Crippen LogP contribution in [0.4, 0.5) is 0 Å². The Morgan fingerprint density at radius 2 is 0.500 bits per heavy atom. The maximum absolute atomic E-state index is 7.72. The Morgan fingerprint density at radius 3 is 0.591 bits per heavy atom. The molecule has 4 atom stereocenters. The molecule has 1 fully saturated rings. The lowest BCUT2D eigenvalue weighted by atomic mass is 10.2. The van der Waals surface area contributed by atoms with E-state index in [1.54, 1.807) is 0 Å². The van der Waals surface area contributed by atoms with Gasteiger partial charge < -0.3 is 35.4 Å². The fourth-order valence-corrected chi connectivity index (χ4v) is 32.0. The molecule has 12 heteroatoms. The quantitative estimate of drug-likeness (QED) is 0.187. The molecule has 0 aromatic heterocycles. The summed E-state index contributed by atoms with van der Waals surface area (Å²) in [6.45, 7) is 42.2. The molecule has 1 aliphatic heterocycles. The van der Waals surface area contributed by atoms with Crippen molar-refractivity contribution in [1.82, 2.24) is 0 Å². The van der Waals surface area contributed by atoms with Gasteiger partial charge in [0.15, 0.2) is 0 Å². The third-order valence-corrected chi connectivity index (χ3v) is 28.4. The Bertz CT molecular complexity index is 739. The fraction of sp³-hybridized carbons (Fsp3) is 1.00. The molecule has 1 saturated heterocycles. The summed E-state index contributed by atoms with van der Waals surface area (Å²) in [4.78, 5) is 0. The summed E-state index contributed by atoms with van der Waals surface area (Å²) in [5.41, 5.74) is -2.74. The molecule has 8 nitrogen and oxygen atoms in total. The highest BCUT2D eigenvalue weighted by atomic mass is 28.5. The lowest BCUT2D eigenvalue weighted by Gasteiger charge is -2.57. The van der Waals surface area contributed by atoms with Crippen LogP contribution >= 0.6 is 0 Å². The Morgan fingerprint density at radius 1 is 0.364 bits per heavy atom. The van der Waals surface area contributed by atoms with E-state index in [4.69, 9.17) is 35.4 Å². The molecule has 4 unspecified atom stereocenters. The van der Waals surface area contributed by atoms with E-state index >= 15 is 0 Å². The Kier molecular flexibility index (Phi) is 14.5. The van der Waals surface area contributed by atoms with Crippen molar-refractivity contribution in [3.8, 4) is 0 Å². The molecular weight excluding hydrogens is 625 g/mol. The van der Waals surface area contributed by atoms with E-state index in [1.807, 2.05) is 0 Å². The second-order valence-electron chi connectivity index (χ2n) is 16.6. The fourth-order valence-electron chi connectivity index (χ4n) is 6.12. The summed E-state index contributed by atoms with van der Waals surface area (Å²) in [6, 6.07) is 2.72. The predicted molar refractivity (Wildman–Crippen MR) is 190 cm³/mol. The van der Waals surface area contributed by atoms with Crippen LogP contribution in [0.25, 0.3) is 0 Å². The minimum absolute atomic E-state index is 0.292. The Balaban J connectivity index is 4.23. The molecule has 1 aliphatic rings. The van der Waals surface area contributed by atoms with Gasteiger partial charge in [0.25, 0.3) is 0 Å². The van der Waals surface area contributed by atoms with Gasteiger partial charge in [0, 0.05) is 0 Å². The van der Waals surface area contributed by atoms with Gasteiger partial charge in [-0.3, -0.25) is 0 Å². The van der Waals surface area contributed by atoms with Crippen molar-refractivity contribution in [3.05, 3.63) is 0 Å². The van der Waals surface area contributed by atoms with Gasteiger partial charge in [-0.15, -0.1) is 0 Å². The number of rotatable bonds is 12. The highest BCUT2D eigenvalue weighted by Gasteiger charge is 2.68. The van der Waals surface area contributed by atoms with E-state index in [1.165, 1.54) is 0 Å². The zero-order valence-electron chi connectivity index (χ0n) is 32.4. The summed E-state index contributed by atoms with van der Waals surface area (Å²) in [5, 5.41) is 0. The van der Waals surface area contributed by atoms with Crippen LogP contribution in [-0.2, 0) is 35.4 Å². The largest absolute Gasteiger partial charge is 0.412 e. The van der Waals surface area contributed by atoms with Crippen LogP contribution in [0.5, 0.6) is 0 Å². The molecule has 1 rings (SSSR count). The minimum Gasteiger partial charge on any atom is -0.412 e. The first-order chi connectivity index (χ1) is 19.6. The molecule has 0 N–H and O–H groups in total. The summed E-state index contributed by atoms with van der Waals surface area (Å²) >= 11 is 0. The SMILES string of the molecule is CC[Si]1(C(C)OC(C)(C)C)O[Si](CC)(C(C)OC(C)(C)C)O[Si](CC)(C(C)OC(C)(C)C)O[Si](CC)(C(C)OC(C)(C)C)O1. The average Bonchev–Trinajstić information content (AvgIpc) is 2.80. The first-order valence-electron chi connectivity index (χ1n) is 17.1. The zero-order chi connectivity index (χ0) is 34.8. The van der Waals surface area contributed by atoms with Crippen LogP contribution in [0.1, 0.15) is 138 Å². The van der Waals surface area contributed by atoms with Crippen molar-refractivity contribution in [2.24, 2.45) is 0 Å². The first kappa shape index (κ1) is 42.6. The monoisotopic (exact) mass is 696 g/mol. The van der Waals surface area contributed by atoms with Crippen molar-refractivity contribution < 1.29 is 35.4 Å². The molecule has 0 bridgehead atoms. The highest BCUT2D eigenvalue weighted by Crippen LogP contribution is 2.45. The molecule has 0 amide bonds. The normalized spacial score (nSPS) is 32.5. The standard InChI is InChI=1S/C32H72O8Si4/c1-21-41(25(5)33-29(9,10)11)37-42(22-2,26(6)34-30(12,13)14)39-44(24-4,28(8)36-32(18,19)20)40-43(23-3,38-41)27(7)35-31(15,16)17/h25-28H,21-24H2,1-20H3. The maximum Gasteiger partial charge on any atom is 0.350 e. The van der Waals surface area contributed by atoms with Gasteiger partial charge in [-0.2, -0.15) is 0 Å². The summed E-state index contributed by atoms with van der Waals surface area (Å²) in [6.07, 6.45) is 0. The van der Waals surface area contributed by atoms with E-state index < -0.39 is 56.6 Å². The maximum atomic E-state index is 7.72. The van der Waals surface area contributed by atoms with Crippen molar-refractivity contribution in [2.75, 3.05) is 0 Å². The molecule has 0 radical (unpaired) electrons. The number of ether oxygens (including phenoxy) is 4. The lowest BCUT2D eigenvalue weighted by molar-refractivity contribution is -0.0612. The molecule has 44 heavy (non-hydrogen) atoms. The minimum atomic E-state index is -3.23. The van der Waals surface area contributed by atoms with E-state index in [-0.39, 0.29) is 22.9 Å². The molecule has 264 valence electrons. The second-order valence-corrected chi connectivity index (χ2v) is 32.4. The number of hydrogen-bond acceptors (Lipinski definition) is 8. The smallest absolute Gasteiger partial charge is 0.350 e. The Labute approximate surface area is 276 Å². The summed E-state index contributed by atoms with van der Waals surface area (Å²) < 4.78 is 57.9. The molecule has 1 heterocycles. The molecule has 0 aliphatic carbocycles. The first-order valence-corrected chi connectivity index (χ1v) is 25.5. The van der Waals surface area contributed by atoms with E-state index in [0.717, 1.165) is 0 Å². The van der Waals surface area contributed by atoms with Crippen LogP contribution in [0.15, 0.2) is 0 Å². The second kappa shape index (κ2) is 15.0. The topological polar surface area (TPSA) is 73.8 Å². The molecule has 0 spiro atoms. The molecule has 0 aromatic carbocycles. The number of hydrogen-bond donors (Lipinski definition) is 0.